The minimum Gasteiger partial charge on any atom is -0.497 e. The maximum Gasteiger partial charge on any atom is 0.244 e. The van der Waals surface area contributed by atoms with Gasteiger partial charge in [0.05, 0.1) is 25.6 Å². The minimum absolute atomic E-state index is 0.249. The van der Waals surface area contributed by atoms with Crippen molar-refractivity contribution in [1.82, 2.24) is 5.32 Å². The van der Waals surface area contributed by atoms with Crippen molar-refractivity contribution in [2.75, 3.05) is 30.8 Å². The van der Waals surface area contributed by atoms with E-state index in [1.54, 1.807) is 56.5 Å². The number of para-hydroxylation sites is 1. The summed E-state index contributed by atoms with van der Waals surface area (Å²) in [6.45, 7) is 2.27. The van der Waals surface area contributed by atoms with Gasteiger partial charge in [0.2, 0.25) is 15.9 Å². The molecule has 0 bridgehead atoms. The largest absolute Gasteiger partial charge is 0.497 e. The lowest BCUT2D eigenvalue weighted by molar-refractivity contribution is -0.122. The molecular weight excluding hydrogens is 380 g/mol. The Kier molecular flexibility index (Phi) is 7.69. The summed E-state index contributed by atoms with van der Waals surface area (Å²) in [5.74, 6) is 0.938. The molecule has 0 heterocycles. The van der Waals surface area contributed by atoms with Gasteiger partial charge in [-0.25, -0.2) is 8.42 Å². The highest BCUT2D eigenvalue weighted by Gasteiger charge is 2.31. The highest BCUT2D eigenvalue weighted by molar-refractivity contribution is 7.92. The van der Waals surface area contributed by atoms with E-state index in [-0.39, 0.29) is 19.1 Å². The Bertz CT molecular complexity index is 871. The molecule has 1 amide bonds. The molecule has 7 nitrogen and oxygen atoms in total. The Morgan fingerprint density at radius 3 is 2.39 bits per heavy atom. The molecule has 2 rings (SSSR count). The summed E-state index contributed by atoms with van der Waals surface area (Å²) in [4.78, 5) is 12.7. The number of anilines is 1. The number of hydrogen-bond donors (Lipinski definition) is 1. The number of ether oxygens (including phenoxy) is 2. The monoisotopic (exact) mass is 406 g/mol. The van der Waals surface area contributed by atoms with Crippen LogP contribution in [0.25, 0.3) is 0 Å². The van der Waals surface area contributed by atoms with Crippen LogP contribution in [0.2, 0.25) is 0 Å². The number of benzene rings is 2. The van der Waals surface area contributed by atoms with E-state index in [1.807, 2.05) is 12.1 Å². The van der Waals surface area contributed by atoms with Crippen LogP contribution in [-0.4, -0.2) is 46.9 Å². The highest BCUT2D eigenvalue weighted by Crippen LogP contribution is 2.22. The number of nitrogens with one attached hydrogen (secondary N) is 1. The number of nitrogens with zero attached hydrogens (tertiary/aromatic N) is 1. The standard InChI is InChI=1S/C20H26N2O5S/c1-4-19(22(28(3,24)25)16-9-6-5-7-10-16)20(23)21-13-14-27-18-12-8-11-17(15-18)26-2/h5-12,15,19H,4,13-14H2,1-3H3,(H,21,23). The van der Waals surface area contributed by atoms with Gasteiger partial charge in [-0.05, 0) is 30.7 Å². The first-order valence-electron chi connectivity index (χ1n) is 8.95. The fraction of sp³-hybridized carbons (Fsp3) is 0.350. The van der Waals surface area contributed by atoms with Gasteiger partial charge in [-0.2, -0.15) is 0 Å². The van der Waals surface area contributed by atoms with Crippen molar-refractivity contribution in [2.45, 2.75) is 19.4 Å². The van der Waals surface area contributed by atoms with Crippen LogP contribution in [0, 0.1) is 0 Å². The number of amides is 1. The first kappa shape index (κ1) is 21.6. The van der Waals surface area contributed by atoms with E-state index in [9.17, 15) is 13.2 Å². The topological polar surface area (TPSA) is 84.9 Å². The predicted octanol–water partition coefficient (Wildman–Crippen LogP) is 2.44. The van der Waals surface area contributed by atoms with Crippen molar-refractivity contribution < 1.29 is 22.7 Å². The molecule has 0 saturated carbocycles. The van der Waals surface area contributed by atoms with Gasteiger partial charge in [0.1, 0.15) is 24.1 Å². The lowest BCUT2D eigenvalue weighted by atomic mass is 10.2. The van der Waals surface area contributed by atoms with Crippen LogP contribution in [0.5, 0.6) is 11.5 Å². The van der Waals surface area contributed by atoms with Gasteiger partial charge in [-0.15, -0.1) is 0 Å². The van der Waals surface area contributed by atoms with Crippen LogP contribution in [0.4, 0.5) is 5.69 Å². The Hall–Kier alpha value is -2.74. The first-order chi connectivity index (χ1) is 13.4. The Morgan fingerprint density at radius 2 is 1.79 bits per heavy atom. The fourth-order valence-corrected chi connectivity index (χ4v) is 4.00. The Labute approximate surface area is 166 Å². The summed E-state index contributed by atoms with van der Waals surface area (Å²) in [5.41, 5.74) is 0.458. The average molecular weight is 407 g/mol. The Morgan fingerprint density at radius 1 is 1.11 bits per heavy atom. The van der Waals surface area contributed by atoms with Gasteiger partial charge in [0, 0.05) is 6.07 Å². The number of carbonyl (C=O) groups excluding carboxylic acids is 1. The SMILES string of the molecule is CCC(C(=O)NCCOc1cccc(OC)c1)N(c1ccccc1)S(C)(=O)=O. The quantitative estimate of drug-likeness (QED) is 0.613. The summed E-state index contributed by atoms with van der Waals surface area (Å²) in [6.07, 6.45) is 1.44. The smallest absolute Gasteiger partial charge is 0.244 e. The van der Waals surface area contributed by atoms with E-state index in [1.165, 1.54) is 0 Å². The highest BCUT2D eigenvalue weighted by atomic mass is 32.2. The second-order valence-corrected chi connectivity index (χ2v) is 8.00. The molecule has 0 spiro atoms. The third-order valence-corrected chi connectivity index (χ3v) is 5.23. The molecule has 0 saturated heterocycles. The fourth-order valence-electron chi connectivity index (χ4n) is 2.79. The molecule has 2 aromatic rings. The van der Waals surface area contributed by atoms with Gasteiger partial charge in [0.15, 0.2) is 0 Å². The zero-order valence-corrected chi connectivity index (χ0v) is 17.1. The van der Waals surface area contributed by atoms with Gasteiger partial charge >= 0.3 is 0 Å². The lowest BCUT2D eigenvalue weighted by Gasteiger charge is -2.30. The van der Waals surface area contributed by atoms with Crippen molar-refractivity contribution in [3.05, 3.63) is 54.6 Å². The lowest BCUT2D eigenvalue weighted by Crippen LogP contribution is -2.49. The second-order valence-electron chi connectivity index (χ2n) is 6.14. The summed E-state index contributed by atoms with van der Waals surface area (Å²) >= 11 is 0. The van der Waals surface area contributed by atoms with Crippen LogP contribution in [0.3, 0.4) is 0 Å². The summed E-state index contributed by atoms with van der Waals surface area (Å²) in [7, 11) is -2.05. The molecule has 0 aliphatic rings. The third kappa shape index (κ3) is 5.88. The normalized spacial score (nSPS) is 12.1. The number of carbonyl (C=O) groups is 1. The molecular formula is C20H26N2O5S. The number of sulfonamides is 1. The molecule has 1 N–H and O–H groups in total. The van der Waals surface area contributed by atoms with E-state index in [0.29, 0.717) is 23.6 Å². The molecule has 152 valence electrons. The molecule has 0 fully saturated rings. The van der Waals surface area contributed by atoms with Gasteiger partial charge in [0.25, 0.3) is 0 Å². The number of rotatable bonds is 10. The van der Waals surface area contributed by atoms with E-state index in [4.69, 9.17) is 9.47 Å². The first-order valence-corrected chi connectivity index (χ1v) is 10.8. The summed E-state index contributed by atoms with van der Waals surface area (Å²) < 4.78 is 36.5. The van der Waals surface area contributed by atoms with E-state index in [0.717, 1.165) is 10.6 Å². The zero-order valence-electron chi connectivity index (χ0n) is 16.3. The van der Waals surface area contributed by atoms with E-state index < -0.39 is 16.1 Å². The van der Waals surface area contributed by atoms with Gasteiger partial charge < -0.3 is 14.8 Å². The molecule has 0 aromatic heterocycles. The minimum atomic E-state index is -3.63. The van der Waals surface area contributed by atoms with Crippen LogP contribution in [-0.2, 0) is 14.8 Å². The Balaban J connectivity index is 1.99. The molecule has 2 aromatic carbocycles. The molecule has 8 heteroatoms. The van der Waals surface area contributed by atoms with Gasteiger partial charge in [-0.1, -0.05) is 31.2 Å². The zero-order chi connectivity index (χ0) is 20.6. The van der Waals surface area contributed by atoms with E-state index >= 15 is 0 Å². The second kappa shape index (κ2) is 9.98. The van der Waals surface area contributed by atoms with Crippen molar-refractivity contribution >= 4 is 21.6 Å². The molecule has 1 unspecified atom stereocenters. The maximum absolute atomic E-state index is 12.7. The molecule has 1 atom stereocenters. The van der Waals surface area contributed by atoms with Crippen molar-refractivity contribution in [1.29, 1.82) is 0 Å². The summed E-state index contributed by atoms with van der Waals surface area (Å²) in [6, 6.07) is 14.9. The van der Waals surface area contributed by atoms with E-state index in [2.05, 4.69) is 5.32 Å². The van der Waals surface area contributed by atoms with Crippen molar-refractivity contribution in [3.63, 3.8) is 0 Å². The molecule has 0 radical (unpaired) electrons. The molecule has 0 aliphatic carbocycles. The van der Waals surface area contributed by atoms with Crippen LogP contribution < -0.4 is 19.1 Å². The maximum atomic E-state index is 12.7. The number of hydrogen-bond acceptors (Lipinski definition) is 5. The van der Waals surface area contributed by atoms with Crippen LogP contribution in [0.15, 0.2) is 54.6 Å². The van der Waals surface area contributed by atoms with Crippen molar-refractivity contribution in [3.8, 4) is 11.5 Å². The van der Waals surface area contributed by atoms with Gasteiger partial charge in [-0.3, -0.25) is 9.10 Å². The predicted molar refractivity (Wildman–Crippen MR) is 109 cm³/mol. The number of methoxy groups -OCH3 is 1. The summed E-state index contributed by atoms with van der Waals surface area (Å²) in [5, 5.41) is 2.75. The van der Waals surface area contributed by atoms with Crippen molar-refractivity contribution in [2.24, 2.45) is 0 Å². The molecule has 28 heavy (non-hydrogen) atoms. The average Bonchev–Trinajstić information content (AvgIpc) is 2.69. The third-order valence-electron chi connectivity index (χ3n) is 4.05. The van der Waals surface area contributed by atoms with Crippen LogP contribution in [0.1, 0.15) is 13.3 Å². The van der Waals surface area contributed by atoms with Crippen LogP contribution >= 0.6 is 0 Å². The molecule has 0 aliphatic heterocycles.